The van der Waals surface area contributed by atoms with Crippen LogP contribution in [0.3, 0.4) is 0 Å². The van der Waals surface area contributed by atoms with Crippen molar-refractivity contribution >= 4 is 0 Å². The summed E-state index contributed by atoms with van der Waals surface area (Å²) in [6.45, 7) is 2.86. The van der Waals surface area contributed by atoms with Crippen molar-refractivity contribution < 1.29 is 0 Å². The molecule has 0 heterocycles. The minimum Gasteiger partial charge on any atom is -0.785 e. The fraction of sp³-hybridized carbons (Fsp3) is 1.00. The molecule has 0 bridgehead atoms. The van der Waals surface area contributed by atoms with Crippen molar-refractivity contribution in [2.75, 3.05) is 13.6 Å². The molecular weight excluding hydrogens is 114 g/mol. The van der Waals surface area contributed by atoms with E-state index >= 15 is 0 Å². The maximum Gasteiger partial charge on any atom is -0.0147 e. The fourth-order valence-corrected chi connectivity index (χ4v) is 0.761. The molecule has 0 amide bonds. The number of hydroxylamine groups is 2. The molecule has 0 aromatic carbocycles. The average Bonchev–Trinajstić information content (AvgIpc) is 1.80. The SMILES string of the molecule is CCCCCCN(C)[O-]. The number of hydrogen-bond donors (Lipinski definition) is 0. The van der Waals surface area contributed by atoms with E-state index in [0.717, 1.165) is 11.5 Å². The van der Waals surface area contributed by atoms with E-state index in [-0.39, 0.29) is 0 Å². The van der Waals surface area contributed by atoms with E-state index in [1.54, 1.807) is 7.05 Å². The van der Waals surface area contributed by atoms with Gasteiger partial charge in [-0.05, 0) is 20.0 Å². The molecule has 0 spiro atoms. The topological polar surface area (TPSA) is 26.3 Å². The van der Waals surface area contributed by atoms with Crippen LogP contribution in [-0.4, -0.2) is 18.7 Å². The zero-order valence-corrected chi connectivity index (χ0v) is 6.39. The second-order valence-electron chi connectivity index (χ2n) is 2.41. The van der Waals surface area contributed by atoms with Crippen LogP contribution in [-0.2, 0) is 0 Å². The molecule has 0 atom stereocenters. The molecule has 0 saturated carbocycles. The average molecular weight is 130 g/mol. The molecule has 0 saturated heterocycles. The Bertz CT molecular complexity index is 54.9. The molecule has 0 aromatic heterocycles. The highest BCUT2D eigenvalue weighted by Crippen LogP contribution is 1.98. The Morgan fingerprint density at radius 3 is 2.33 bits per heavy atom. The summed E-state index contributed by atoms with van der Waals surface area (Å²) < 4.78 is 0. The first-order chi connectivity index (χ1) is 4.27. The van der Waals surface area contributed by atoms with E-state index in [2.05, 4.69) is 6.92 Å². The summed E-state index contributed by atoms with van der Waals surface area (Å²) in [5.74, 6) is 0. The van der Waals surface area contributed by atoms with E-state index in [1.165, 1.54) is 19.3 Å². The molecule has 2 heteroatoms. The van der Waals surface area contributed by atoms with Crippen LogP contribution in [0.2, 0.25) is 0 Å². The van der Waals surface area contributed by atoms with E-state index in [0.29, 0.717) is 6.54 Å². The molecule has 56 valence electrons. The summed E-state index contributed by atoms with van der Waals surface area (Å²) in [5.41, 5.74) is 0. The maximum atomic E-state index is 10.3. The summed E-state index contributed by atoms with van der Waals surface area (Å²) in [5, 5.41) is 11.3. The van der Waals surface area contributed by atoms with Gasteiger partial charge in [-0.2, -0.15) is 0 Å². The van der Waals surface area contributed by atoms with Gasteiger partial charge < -0.3 is 10.3 Å². The molecule has 0 aliphatic heterocycles. The molecular formula is C7H16NO-. The highest BCUT2D eigenvalue weighted by atomic mass is 16.5. The van der Waals surface area contributed by atoms with E-state index in [9.17, 15) is 5.21 Å². The smallest absolute Gasteiger partial charge is 0.0147 e. The lowest BCUT2D eigenvalue weighted by Crippen LogP contribution is -2.10. The fourth-order valence-electron chi connectivity index (χ4n) is 0.761. The quantitative estimate of drug-likeness (QED) is 0.420. The monoisotopic (exact) mass is 130 g/mol. The van der Waals surface area contributed by atoms with Gasteiger partial charge in [0.2, 0.25) is 0 Å². The van der Waals surface area contributed by atoms with Gasteiger partial charge in [0.15, 0.2) is 0 Å². The number of rotatable bonds is 5. The largest absolute Gasteiger partial charge is 0.785 e. The summed E-state index contributed by atoms with van der Waals surface area (Å²) in [7, 11) is 1.58. The Balaban J connectivity index is 2.75. The van der Waals surface area contributed by atoms with Gasteiger partial charge in [0, 0.05) is 0 Å². The van der Waals surface area contributed by atoms with Gasteiger partial charge in [0.1, 0.15) is 0 Å². The van der Waals surface area contributed by atoms with Gasteiger partial charge in [-0.15, -0.1) is 0 Å². The molecule has 2 nitrogen and oxygen atoms in total. The third kappa shape index (κ3) is 7.92. The van der Waals surface area contributed by atoms with Crippen molar-refractivity contribution in [1.82, 2.24) is 5.06 Å². The minimum absolute atomic E-state index is 0.694. The first-order valence-electron chi connectivity index (χ1n) is 3.65. The van der Waals surface area contributed by atoms with E-state index < -0.39 is 0 Å². The van der Waals surface area contributed by atoms with Crippen molar-refractivity contribution in [3.8, 4) is 0 Å². The number of unbranched alkanes of at least 4 members (excludes halogenated alkanes) is 3. The summed E-state index contributed by atoms with van der Waals surface area (Å²) in [4.78, 5) is 0. The van der Waals surface area contributed by atoms with Crippen LogP contribution >= 0.6 is 0 Å². The minimum atomic E-state index is 0.694. The first-order valence-corrected chi connectivity index (χ1v) is 3.65. The molecule has 9 heavy (non-hydrogen) atoms. The summed E-state index contributed by atoms with van der Waals surface area (Å²) in [6.07, 6.45) is 4.74. The van der Waals surface area contributed by atoms with Gasteiger partial charge >= 0.3 is 0 Å². The molecule has 0 aromatic rings. The van der Waals surface area contributed by atoms with Gasteiger partial charge in [-0.3, -0.25) is 0 Å². The third-order valence-electron chi connectivity index (χ3n) is 1.33. The van der Waals surface area contributed by atoms with Crippen molar-refractivity contribution in [2.45, 2.75) is 32.6 Å². The van der Waals surface area contributed by atoms with Crippen LogP contribution in [0.4, 0.5) is 0 Å². The van der Waals surface area contributed by atoms with Gasteiger partial charge in [-0.1, -0.05) is 26.2 Å². The lowest BCUT2D eigenvalue weighted by Gasteiger charge is -2.21. The molecule has 0 aliphatic rings. The number of hydrogen-bond acceptors (Lipinski definition) is 2. The molecule has 0 aliphatic carbocycles. The summed E-state index contributed by atoms with van der Waals surface area (Å²) in [6, 6.07) is 0. The van der Waals surface area contributed by atoms with Crippen LogP contribution < -0.4 is 0 Å². The van der Waals surface area contributed by atoms with E-state index in [1.807, 2.05) is 0 Å². The molecule has 0 radical (unpaired) electrons. The highest BCUT2D eigenvalue weighted by molar-refractivity contribution is 4.49. The lowest BCUT2D eigenvalue weighted by atomic mass is 10.2. The maximum absolute atomic E-state index is 10.3. The zero-order valence-electron chi connectivity index (χ0n) is 6.39. The van der Waals surface area contributed by atoms with E-state index in [4.69, 9.17) is 0 Å². The first kappa shape index (κ1) is 8.92. The van der Waals surface area contributed by atoms with Crippen LogP contribution in [0, 0.1) is 5.21 Å². The molecule has 0 unspecified atom stereocenters. The van der Waals surface area contributed by atoms with Gasteiger partial charge in [0.05, 0.1) is 0 Å². The Morgan fingerprint density at radius 2 is 1.89 bits per heavy atom. The van der Waals surface area contributed by atoms with Crippen LogP contribution in [0.15, 0.2) is 0 Å². The zero-order chi connectivity index (χ0) is 7.11. The Kier molecular flexibility index (Phi) is 5.99. The Labute approximate surface area is 57.4 Å². The molecule has 0 rings (SSSR count). The van der Waals surface area contributed by atoms with Crippen molar-refractivity contribution in [3.05, 3.63) is 5.21 Å². The Morgan fingerprint density at radius 1 is 1.22 bits per heavy atom. The van der Waals surface area contributed by atoms with Crippen LogP contribution in [0.25, 0.3) is 0 Å². The summed E-state index contributed by atoms with van der Waals surface area (Å²) >= 11 is 0. The second-order valence-corrected chi connectivity index (χ2v) is 2.41. The second kappa shape index (κ2) is 6.05. The normalized spacial score (nSPS) is 10.7. The predicted molar refractivity (Wildman–Crippen MR) is 40.1 cm³/mol. The van der Waals surface area contributed by atoms with Gasteiger partial charge in [0.25, 0.3) is 0 Å². The lowest BCUT2D eigenvalue weighted by molar-refractivity contribution is 0.434. The van der Waals surface area contributed by atoms with Crippen molar-refractivity contribution in [1.29, 1.82) is 0 Å². The molecule has 0 N–H and O–H groups in total. The Hall–Kier alpha value is -0.0800. The van der Waals surface area contributed by atoms with Crippen LogP contribution in [0.1, 0.15) is 32.6 Å². The standard InChI is InChI=1S/C7H16NO/c1-3-4-5-6-7-8(2)9/h3-7H2,1-2H3/q-1. The highest BCUT2D eigenvalue weighted by Gasteiger charge is 1.85. The molecule has 0 fully saturated rings. The predicted octanol–water partition coefficient (Wildman–Crippen LogP) is 2.00. The van der Waals surface area contributed by atoms with Crippen molar-refractivity contribution in [3.63, 3.8) is 0 Å². The third-order valence-corrected chi connectivity index (χ3v) is 1.33. The number of nitrogens with zero attached hydrogens (tertiary/aromatic N) is 1. The van der Waals surface area contributed by atoms with Gasteiger partial charge in [-0.25, -0.2) is 0 Å². The van der Waals surface area contributed by atoms with Crippen LogP contribution in [0.5, 0.6) is 0 Å². The van der Waals surface area contributed by atoms with Crippen molar-refractivity contribution in [2.24, 2.45) is 0 Å².